The van der Waals surface area contributed by atoms with Crippen LogP contribution in [0.1, 0.15) is 18.9 Å². The molecule has 0 saturated carbocycles. The summed E-state index contributed by atoms with van der Waals surface area (Å²) in [5.41, 5.74) is 0.483. The molecule has 108 valence electrons. The van der Waals surface area contributed by atoms with Gasteiger partial charge in [0, 0.05) is 12.7 Å². The predicted octanol–water partition coefficient (Wildman–Crippen LogP) is 2.71. The van der Waals surface area contributed by atoms with Crippen LogP contribution in [0.2, 0.25) is 5.15 Å². The van der Waals surface area contributed by atoms with E-state index in [1.54, 1.807) is 13.8 Å². The van der Waals surface area contributed by atoms with Crippen molar-refractivity contribution in [3.8, 4) is 0 Å². The van der Waals surface area contributed by atoms with Crippen LogP contribution in [0.15, 0.2) is 17.2 Å². The topological polar surface area (TPSA) is 50.3 Å². The fraction of sp³-hybridized carbons (Fsp3) is 0.545. The van der Waals surface area contributed by atoms with Crippen LogP contribution < -0.4 is 0 Å². The summed E-state index contributed by atoms with van der Waals surface area (Å²) in [4.78, 5) is 3.62. The van der Waals surface area contributed by atoms with Gasteiger partial charge in [0.25, 0.3) is 6.43 Å². The van der Waals surface area contributed by atoms with Crippen molar-refractivity contribution in [3.63, 3.8) is 0 Å². The Morgan fingerprint density at radius 1 is 1.47 bits per heavy atom. The maximum absolute atomic E-state index is 12.5. The van der Waals surface area contributed by atoms with E-state index in [0.29, 0.717) is 12.0 Å². The Morgan fingerprint density at radius 2 is 2.11 bits per heavy atom. The van der Waals surface area contributed by atoms with Crippen molar-refractivity contribution >= 4 is 21.6 Å². The van der Waals surface area contributed by atoms with Gasteiger partial charge in [-0.1, -0.05) is 18.5 Å². The van der Waals surface area contributed by atoms with E-state index in [1.807, 2.05) is 0 Å². The summed E-state index contributed by atoms with van der Waals surface area (Å²) >= 11 is 5.72. The van der Waals surface area contributed by atoms with Gasteiger partial charge < -0.3 is 0 Å². The van der Waals surface area contributed by atoms with Gasteiger partial charge in [0.1, 0.15) is 10.0 Å². The standard InChI is InChI=1S/C11H15ClF2N2O2S/c1-3-4-16(7-10(13)14)19(17,18)9-5-8(2)11(12)15-6-9/h5-6,10H,3-4,7H2,1-2H3. The van der Waals surface area contributed by atoms with Crippen molar-refractivity contribution < 1.29 is 17.2 Å². The summed E-state index contributed by atoms with van der Waals surface area (Å²) in [6.45, 7) is 2.54. The molecule has 0 aromatic carbocycles. The van der Waals surface area contributed by atoms with Crippen molar-refractivity contribution in [1.29, 1.82) is 0 Å². The first-order valence-corrected chi connectivity index (χ1v) is 7.51. The average Bonchev–Trinajstić information content (AvgIpc) is 2.31. The van der Waals surface area contributed by atoms with Crippen LogP contribution in [-0.2, 0) is 10.0 Å². The molecule has 4 nitrogen and oxygen atoms in total. The summed E-state index contributed by atoms with van der Waals surface area (Å²) in [6.07, 6.45) is -1.19. The van der Waals surface area contributed by atoms with E-state index in [2.05, 4.69) is 4.98 Å². The molecule has 0 aliphatic carbocycles. The highest BCUT2D eigenvalue weighted by atomic mass is 35.5. The minimum Gasteiger partial charge on any atom is -0.243 e. The first-order chi connectivity index (χ1) is 8.78. The van der Waals surface area contributed by atoms with Crippen LogP contribution in [-0.4, -0.2) is 37.2 Å². The number of nitrogens with zero attached hydrogens (tertiary/aromatic N) is 2. The van der Waals surface area contributed by atoms with E-state index < -0.39 is 23.0 Å². The third-order valence-electron chi connectivity index (χ3n) is 2.44. The highest BCUT2D eigenvalue weighted by Gasteiger charge is 2.27. The molecular formula is C11H15ClF2N2O2S. The number of alkyl halides is 2. The van der Waals surface area contributed by atoms with Gasteiger partial charge in [-0.15, -0.1) is 0 Å². The number of aromatic nitrogens is 1. The summed E-state index contributed by atoms with van der Waals surface area (Å²) < 4.78 is 50.1. The molecule has 0 bridgehead atoms. The SMILES string of the molecule is CCCN(CC(F)F)S(=O)(=O)c1cnc(Cl)c(C)c1. The summed E-state index contributed by atoms with van der Waals surface area (Å²) in [7, 11) is -3.97. The second kappa shape index (κ2) is 6.58. The maximum atomic E-state index is 12.5. The van der Waals surface area contributed by atoms with Crippen LogP contribution >= 0.6 is 11.6 Å². The van der Waals surface area contributed by atoms with Crippen LogP contribution in [0.3, 0.4) is 0 Å². The Kier molecular flexibility index (Phi) is 5.64. The second-order valence-electron chi connectivity index (χ2n) is 4.03. The Morgan fingerprint density at radius 3 is 2.58 bits per heavy atom. The van der Waals surface area contributed by atoms with Gasteiger partial charge in [-0.2, -0.15) is 4.31 Å². The summed E-state index contributed by atoms with van der Waals surface area (Å²) in [6, 6.07) is 1.33. The highest BCUT2D eigenvalue weighted by molar-refractivity contribution is 7.89. The molecule has 0 fully saturated rings. The lowest BCUT2D eigenvalue weighted by atomic mass is 10.3. The zero-order chi connectivity index (χ0) is 14.6. The number of pyridine rings is 1. The number of sulfonamides is 1. The number of hydrogen-bond acceptors (Lipinski definition) is 3. The van der Waals surface area contributed by atoms with Gasteiger partial charge in [-0.3, -0.25) is 0 Å². The first-order valence-electron chi connectivity index (χ1n) is 5.69. The zero-order valence-electron chi connectivity index (χ0n) is 10.6. The van der Waals surface area contributed by atoms with E-state index in [9.17, 15) is 17.2 Å². The van der Waals surface area contributed by atoms with Gasteiger partial charge in [0.2, 0.25) is 10.0 Å². The molecule has 1 heterocycles. The quantitative estimate of drug-likeness (QED) is 0.759. The van der Waals surface area contributed by atoms with Gasteiger partial charge in [-0.25, -0.2) is 22.2 Å². The zero-order valence-corrected chi connectivity index (χ0v) is 12.2. The summed E-state index contributed by atoms with van der Waals surface area (Å²) in [5, 5.41) is 0.190. The Bertz CT molecular complexity index is 537. The summed E-state index contributed by atoms with van der Waals surface area (Å²) in [5.74, 6) is 0. The monoisotopic (exact) mass is 312 g/mol. The first kappa shape index (κ1) is 16.3. The molecule has 0 saturated heterocycles. The van der Waals surface area contributed by atoms with E-state index >= 15 is 0 Å². The second-order valence-corrected chi connectivity index (χ2v) is 6.33. The van der Waals surface area contributed by atoms with Crippen molar-refractivity contribution in [2.24, 2.45) is 0 Å². The Labute approximate surface area is 116 Å². The molecule has 0 spiro atoms. The van der Waals surface area contributed by atoms with Gasteiger partial charge in [-0.05, 0) is 25.0 Å². The minimum atomic E-state index is -3.97. The number of aryl methyl sites for hydroxylation is 1. The molecule has 1 aromatic heterocycles. The maximum Gasteiger partial charge on any atom is 0.252 e. The largest absolute Gasteiger partial charge is 0.252 e. The molecule has 1 rings (SSSR count). The third kappa shape index (κ3) is 4.09. The minimum absolute atomic E-state index is 0.0361. The number of halogens is 3. The third-order valence-corrected chi connectivity index (χ3v) is 4.67. The van der Waals surface area contributed by atoms with Crippen molar-refractivity contribution in [2.45, 2.75) is 31.6 Å². The van der Waals surface area contributed by atoms with Crippen LogP contribution in [0.4, 0.5) is 8.78 Å². The van der Waals surface area contributed by atoms with Gasteiger partial charge >= 0.3 is 0 Å². The Hall–Kier alpha value is -0.790. The molecule has 8 heteroatoms. The van der Waals surface area contributed by atoms with E-state index in [0.717, 1.165) is 10.5 Å². The van der Waals surface area contributed by atoms with Crippen LogP contribution in [0, 0.1) is 6.92 Å². The molecule has 0 aliphatic heterocycles. The van der Waals surface area contributed by atoms with Gasteiger partial charge in [0.05, 0.1) is 6.54 Å². The lowest BCUT2D eigenvalue weighted by Gasteiger charge is -2.21. The van der Waals surface area contributed by atoms with E-state index in [1.165, 1.54) is 6.07 Å². The predicted molar refractivity (Wildman–Crippen MR) is 69.0 cm³/mol. The lowest BCUT2D eigenvalue weighted by molar-refractivity contribution is 0.119. The molecule has 0 radical (unpaired) electrons. The molecule has 0 atom stereocenters. The van der Waals surface area contributed by atoms with Crippen molar-refractivity contribution in [2.75, 3.05) is 13.1 Å². The van der Waals surface area contributed by atoms with Gasteiger partial charge in [0.15, 0.2) is 0 Å². The van der Waals surface area contributed by atoms with Crippen LogP contribution in [0.5, 0.6) is 0 Å². The normalized spacial score (nSPS) is 12.4. The molecule has 0 N–H and O–H groups in total. The van der Waals surface area contributed by atoms with E-state index in [-0.39, 0.29) is 16.6 Å². The number of hydrogen-bond donors (Lipinski definition) is 0. The lowest BCUT2D eigenvalue weighted by Crippen LogP contribution is -2.35. The fourth-order valence-corrected chi connectivity index (χ4v) is 3.18. The Balaban J connectivity index is 3.14. The van der Waals surface area contributed by atoms with E-state index in [4.69, 9.17) is 11.6 Å². The molecular weight excluding hydrogens is 298 g/mol. The molecule has 1 aromatic rings. The molecule has 0 amide bonds. The van der Waals surface area contributed by atoms with Crippen molar-refractivity contribution in [3.05, 3.63) is 23.0 Å². The van der Waals surface area contributed by atoms with Crippen LogP contribution in [0.25, 0.3) is 0 Å². The molecule has 0 unspecified atom stereocenters. The molecule has 0 aliphatic rings. The fourth-order valence-electron chi connectivity index (χ4n) is 1.54. The molecule has 19 heavy (non-hydrogen) atoms. The van der Waals surface area contributed by atoms with Crippen molar-refractivity contribution in [1.82, 2.24) is 9.29 Å². The smallest absolute Gasteiger partial charge is 0.243 e. The number of rotatable bonds is 6. The highest BCUT2D eigenvalue weighted by Crippen LogP contribution is 2.20. The average molecular weight is 313 g/mol.